The predicted octanol–water partition coefficient (Wildman–Crippen LogP) is 2.01. The van der Waals surface area contributed by atoms with Crippen LogP contribution in [0, 0.1) is 0 Å². The van der Waals surface area contributed by atoms with Gasteiger partial charge in [-0.25, -0.2) is 9.97 Å². The highest BCUT2D eigenvalue weighted by Gasteiger charge is 2.06. The van der Waals surface area contributed by atoms with Gasteiger partial charge in [0.15, 0.2) is 5.16 Å². The molecule has 0 atom stereocenters. The van der Waals surface area contributed by atoms with Gasteiger partial charge in [-0.1, -0.05) is 11.8 Å². The summed E-state index contributed by atoms with van der Waals surface area (Å²) in [5.41, 5.74) is 0.699. The fourth-order valence-corrected chi connectivity index (χ4v) is 3.14. The van der Waals surface area contributed by atoms with Gasteiger partial charge in [0, 0.05) is 19.4 Å². The maximum absolute atomic E-state index is 11.8. The van der Waals surface area contributed by atoms with Gasteiger partial charge in [-0.05, 0) is 11.4 Å². The Morgan fingerprint density at radius 1 is 1.56 bits per heavy atom. The summed E-state index contributed by atoms with van der Waals surface area (Å²) >= 11 is 2.96. The zero-order valence-electron chi connectivity index (χ0n) is 9.58. The molecule has 3 rings (SSSR count). The Morgan fingerprint density at radius 2 is 2.44 bits per heavy atom. The number of imidazole rings is 1. The van der Waals surface area contributed by atoms with Gasteiger partial charge in [0.1, 0.15) is 10.5 Å². The molecule has 3 aromatic rings. The summed E-state index contributed by atoms with van der Waals surface area (Å²) in [6, 6.07) is 1.87. The average molecular weight is 278 g/mol. The molecule has 0 aromatic carbocycles. The van der Waals surface area contributed by atoms with Crippen molar-refractivity contribution in [1.82, 2.24) is 19.5 Å². The van der Waals surface area contributed by atoms with E-state index in [2.05, 4.69) is 15.0 Å². The zero-order valence-corrected chi connectivity index (χ0v) is 11.2. The number of fused-ring (bicyclic) bond motifs is 1. The molecule has 0 saturated carbocycles. The number of thiophene rings is 1. The smallest absolute Gasteiger partial charge is 0.268 e. The molecule has 3 aromatic heterocycles. The number of hydrogen-bond donors (Lipinski definition) is 1. The van der Waals surface area contributed by atoms with E-state index >= 15 is 0 Å². The van der Waals surface area contributed by atoms with E-state index in [1.165, 1.54) is 11.3 Å². The Labute approximate surface area is 111 Å². The third kappa shape index (κ3) is 2.06. The molecule has 1 N–H and O–H groups in total. The Bertz CT molecular complexity index is 743. The Hall–Kier alpha value is -1.60. The second kappa shape index (κ2) is 4.58. The molecule has 0 saturated heterocycles. The zero-order chi connectivity index (χ0) is 12.5. The molecule has 7 heteroatoms. The first-order valence-corrected chi connectivity index (χ1v) is 7.17. The van der Waals surface area contributed by atoms with Crippen molar-refractivity contribution in [2.45, 2.75) is 10.9 Å². The van der Waals surface area contributed by atoms with Crippen LogP contribution in [0.1, 0.15) is 5.82 Å². The standard InChI is InChI=1S/C11H10N4OS2/c1-15-4-3-12-11(15)18-6-8-13-7-2-5-17-9(7)10(16)14-8/h2-5H,6H2,1H3,(H,13,14,16). The van der Waals surface area contributed by atoms with Gasteiger partial charge in [-0.2, -0.15) is 0 Å². The predicted molar refractivity (Wildman–Crippen MR) is 73.0 cm³/mol. The van der Waals surface area contributed by atoms with E-state index in [-0.39, 0.29) is 5.56 Å². The second-order valence-electron chi connectivity index (χ2n) is 3.76. The van der Waals surface area contributed by atoms with Crippen LogP contribution >= 0.6 is 23.1 Å². The first kappa shape index (κ1) is 11.5. The summed E-state index contributed by atoms with van der Waals surface area (Å²) in [5, 5.41) is 2.78. The van der Waals surface area contributed by atoms with Gasteiger partial charge in [0.25, 0.3) is 5.56 Å². The lowest BCUT2D eigenvalue weighted by Gasteiger charge is -2.01. The van der Waals surface area contributed by atoms with Crippen molar-refractivity contribution in [3.05, 3.63) is 40.0 Å². The molecular weight excluding hydrogens is 268 g/mol. The third-order valence-electron chi connectivity index (χ3n) is 2.48. The summed E-state index contributed by atoms with van der Waals surface area (Å²) in [4.78, 5) is 23.2. The first-order valence-electron chi connectivity index (χ1n) is 5.30. The molecule has 0 spiro atoms. The van der Waals surface area contributed by atoms with E-state index in [1.807, 2.05) is 29.3 Å². The van der Waals surface area contributed by atoms with Gasteiger partial charge < -0.3 is 9.55 Å². The van der Waals surface area contributed by atoms with Gasteiger partial charge in [-0.15, -0.1) is 11.3 Å². The third-order valence-corrected chi connectivity index (χ3v) is 4.45. The number of aromatic nitrogens is 4. The van der Waals surface area contributed by atoms with E-state index in [0.29, 0.717) is 16.3 Å². The van der Waals surface area contributed by atoms with Gasteiger partial charge in [-0.3, -0.25) is 4.79 Å². The van der Waals surface area contributed by atoms with E-state index in [1.54, 1.807) is 18.0 Å². The van der Waals surface area contributed by atoms with E-state index in [4.69, 9.17) is 0 Å². The molecule has 0 fully saturated rings. The normalized spacial score (nSPS) is 11.2. The number of H-pyrrole nitrogens is 1. The van der Waals surface area contributed by atoms with Crippen molar-refractivity contribution in [2.75, 3.05) is 0 Å². The van der Waals surface area contributed by atoms with Crippen LogP contribution in [0.15, 0.2) is 33.8 Å². The number of nitrogens with zero attached hydrogens (tertiary/aromatic N) is 3. The second-order valence-corrected chi connectivity index (χ2v) is 5.62. The number of nitrogens with one attached hydrogen (secondary N) is 1. The van der Waals surface area contributed by atoms with Crippen molar-refractivity contribution in [3.63, 3.8) is 0 Å². The van der Waals surface area contributed by atoms with E-state index in [0.717, 1.165) is 10.7 Å². The lowest BCUT2D eigenvalue weighted by molar-refractivity contribution is 0.789. The summed E-state index contributed by atoms with van der Waals surface area (Å²) < 4.78 is 2.62. The molecule has 92 valence electrons. The minimum Gasteiger partial charge on any atom is -0.329 e. The molecule has 5 nitrogen and oxygen atoms in total. The molecule has 3 heterocycles. The molecule has 0 bridgehead atoms. The van der Waals surface area contributed by atoms with Crippen molar-refractivity contribution in [2.24, 2.45) is 7.05 Å². The minimum atomic E-state index is -0.0644. The monoisotopic (exact) mass is 278 g/mol. The maximum Gasteiger partial charge on any atom is 0.268 e. The van der Waals surface area contributed by atoms with Gasteiger partial charge in [0.05, 0.1) is 11.3 Å². The number of rotatable bonds is 3. The Balaban J connectivity index is 1.87. The summed E-state index contributed by atoms with van der Waals surface area (Å²) in [7, 11) is 1.94. The van der Waals surface area contributed by atoms with Crippen LogP contribution in [0.25, 0.3) is 10.2 Å². The van der Waals surface area contributed by atoms with Crippen LogP contribution in [0.2, 0.25) is 0 Å². The Morgan fingerprint density at radius 3 is 3.22 bits per heavy atom. The van der Waals surface area contributed by atoms with Crippen LogP contribution in [-0.2, 0) is 12.8 Å². The van der Waals surface area contributed by atoms with Crippen molar-refractivity contribution in [1.29, 1.82) is 0 Å². The average Bonchev–Trinajstić information content (AvgIpc) is 2.95. The highest BCUT2D eigenvalue weighted by molar-refractivity contribution is 7.98. The molecule has 0 aliphatic carbocycles. The van der Waals surface area contributed by atoms with Crippen LogP contribution in [0.5, 0.6) is 0 Å². The molecule has 0 radical (unpaired) electrons. The van der Waals surface area contributed by atoms with E-state index < -0.39 is 0 Å². The fraction of sp³-hybridized carbons (Fsp3) is 0.182. The first-order chi connectivity index (χ1) is 8.74. The van der Waals surface area contributed by atoms with Crippen LogP contribution in [-0.4, -0.2) is 19.5 Å². The number of hydrogen-bond acceptors (Lipinski definition) is 5. The molecule has 0 amide bonds. The summed E-state index contributed by atoms with van der Waals surface area (Å²) in [6.45, 7) is 0. The van der Waals surface area contributed by atoms with Crippen molar-refractivity contribution < 1.29 is 0 Å². The van der Waals surface area contributed by atoms with Gasteiger partial charge in [0.2, 0.25) is 0 Å². The van der Waals surface area contributed by atoms with Crippen LogP contribution in [0.4, 0.5) is 0 Å². The van der Waals surface area contributed by atoms with Crippen molar-refractivity contribution in [3.8, 4) is 0 Å². The van der Waals surface area contributed by atoms with Crippen LogP contribution < -0.4 is 5.56 Å². The number of aromatic amines is 1. The lowest BCUT2D eigenvalue weighted by atomic mass is 10.4. The highest BCUT2D eigenvalue weighted by atomic mass is 32.2. The Kier molecular flexibility index (Phi) is 2.92. The van der Waals surface area contributed by atoms with Crippen molar-refractivity contribution >= 4 is 33.3 Å². The quantitative estimate of drug-likeness (QED) is 0.744. The number of thioether (sulfide) groups is 1. The largest absolute Gasteiger partial charge is 0.329 e. The topological polar surface area (TPSA) is 63.6 Å². The minimum absolute atomic E-state index is 0.0644. The summed E-state index contributed by atoms with van der Waals surface area (Å²) in [6.07, 6.45) is 3.64. The number of aryl methyl sites for hydroxylation is 1. The highest BCUT2D eigenvalue weighted by Crippen LogP contribution is 2.20. The van der Waals surface area contributed by atoms with E-state index in [9.17, 15) is 4.79 Å². The molecule has 0 unspecified atom stereocenters. The van der Waals surface area contributed by atoms with Gasteiger partial charge >= 0.3 is 0 Å². The summed E-state index contributed by atoms with van der Waals surface area (Å²) in [5.74, 6) is 1.28. The molecule has 18 heavy (non-hydrogen) atoms. The fourth-order valence-electron chi connectivity index (χ4n) is 1.61. The molecule has 0 aliphatic rings. The maximum atomic E-state index is 11.8. The molecule has 0 aliphatic heterocycles. The SMILES string of the molecule is Cn1ccnc1SCc1nc2ccsc2c(=O)[nH]1. The van der Waals surface area contributed by atoms with Crippen LogP contribution in [0.3, 0.4) is 0 Å². The lowest BCUT2D eigenvalue weighted by Crippen LogP contribution is -2.09. The molecular formula is C11H10N4OS2.